The number of fused-ring (bicyclic) bond motifs is 1. The zero-order valence-corrected chi connectivity index (χ0v) is 19.1. The highest BCUT2D eigenvalue weighted by Crippen LogP contribution is 2.31. The number of benzene rings is 1. The van der Waals surface area contributed by atoms with Crippen LogP contribution in [0, 0.1) is 6.92 Å². The summed E-state index contributed by atoms with van der Waals surface area (Å²) in [5.41, 5.74) is 3.22. The fraction of sp³-hybridized carbons (Fsp3) is 0.273. The first-order valence-electron chi connectivity index (χ1n) is 9.75. The van der Waals surface area contributed by atoms with Crippen LogP contribution in [0.15, 0.2) is 51.5 Å². The summed E-state index contributed by atoms with van der Waals surface area (Å²) in [6.45, 7) is 5.68. The SMILES string of the molecule is CCOC(=O)C1=C(C)N=c2s/c(=C\c3cnn(C)c3C)c(=O)n2[C@H]1c1ccc(Cl)cc1. The highest BCUT2D eigenvalue weighted by atomic mass is 35.5. The number of aromatic nitrogens is 3. The van der Waals surface area contributed by atoms with Crippen LogP contribution in [0.2, 0.25) is 5.02 Å². The van der Waals surface area contributed by atoms with Crippen LogP contribution in [0.4, 0.5) is 0 Å². The molecule has 0 fully saturated rings. The van der Waals surface area contributed by atoms with Crippen LogP contribution in [0.25, 0.3) is 6.08 Å². The Morgan fingerprint density at radius 2 is 2.00 bits per heavy atom. The smallest absolute Gasteiger partial charge is 0.338 e. The largest absolute Gasteiger partial charge is 0.463 e. The molecule has 0 radical (unpaired) electrons. The highest BCUT2D eigenvalue weighted by Gasteiger charge is 2.33. The van der Waals surface area contributed by atoms with Crippen LogP contribution in [-0.2, 0) is 16.6 Å². The van der Waals surface area contributed by atoms with Gasteiger partial charge in [0.05, 0.1) is 34.6 Å². The molecule has 3 heterocycles. The average Bonchev–Trinajstić information content (AvgIpc) is 3.21. The van der Waals surface area contributed by atoms with Crippen molar-refractivity contribution in [2.75, 3.05) is 6.61 Å². The van der Waals surface area contributed by atoms with E-state index in [1.807, 2.05) is 32.2 Å². The number of halogens is 1. The molecule has 1 aromatic carbocycles. The third-order valence-electron chi connectivity index (χ3n) is 5.26. The molecule has 0 spiro atoms. The van der Waals surface area contributed by atoms with Gasteiger partial charge in [0.2, 0.25) is 0 Å². The van der Waals surface area contributed by atoms with Gasteiger partial charge in [-0.25, -0.2) is 9.79 Å². The van der Waals surface area contributed by atoms with Crippen LogP contribution in [0.1, 0.15) is 36.7 Å². The molecule has 0 aliphatic carbocycles. The number of nitrogens with zero attached hydrogens (tertiary/aromatic N) is 4. The maximum Gasteiger partial charge on any atom is 0.338 e. The molecule has 0 saturated carbocycles. The van der Waals surface area contributed by atoms with Gasteiger partial charge < -0.3 is 4.74 Å². The van der Waals surface area contributed by atoms with Gasteiger partial charge in [-0.05, 0) is 44.5 Å². The first-order valence-corrected chi connectivity index (χ1v) is 10.9. The summed E-state index contributed by atoms with van der Waals surface area (Å²) >= 11 is 7.36. The molecule has 1 aliphatic rings. The predicted molar refractivity (Wildman–Crippen MR) is 120 cm³/mol. The second-order valence-corrected chi connectivity index (χ2v) is 8.61. The first-order chi connectivity index (χ1) is 14.8. The molecule has 31 heavy (non-hydrogen) atoms. The molecule has 0 unspecified atom stereocenters. The predicted octanol–water partition coefficient (Wildman–Crippen LogP) is 2.49. The number of ether oxygens (including phenoxy) is 1. The van der Waals surface area contributed by atoms with Crippen molar-refractivity contribution < 1.29 is 9.53 Å². The maximum atomic E-state index is 13.5. The summed E-state index contributed by atoms with van der Waals surface area (Å²) in [6.07, 6.45) is 3.54. The second kappa shape index (κ2) is 8.28. The number of carbonyl (C=O) groups is 1. The summed E-state index contributed by atoms with van der Waals surface area (Å²) in [7, 11) is 1.85. The van der Waals surface area contributed by atoms with E-state index in [4.69, 9.17) is 16.3 Å². The molecular formula is C22H21ClN4O3S. The summed E-state index contributed by atoms with van der Waals surface area (Å²) in [5, 5.41) is 4.81. The Morgan fingerprint density at radius 3 is 2.61 bits per heavy atom. The molecular weight excluding hydrogens is 436 g/mol. The van der Waals surface area contributed by atoms with Crippen LogP contribution in [0.3, 0.4) is 0 Å². The standard InChI is InChI=1S/C22H21ClN4O3S/c1-5-30-21(29)18-12(2)25-22-27(19(18)14-6-8-16(23)9-7-14)20(28)17(31-22)10-15-11-24-26(4)13(15)3/h6-11,19H,5H2,1-4H3/b17-10-/t19-/m0/s1. The Bertz CT molecular complexity index is 1380. The van der Waals surface area contributed by atoms with Crippen LogP contribution in [-0.4, -0.2) is 26.9 Å². The van der Waals surface area contributed by atoms with Crippen molar-refractivity contribution in [1.29, 1.82) is 0 Å². The summed E-state index contributed by atoms with van der Waals surface area (Å²) < 4.78 is 9.12. The number of hydrogen-bond acceptors (Lipinski definition) is 6. The number of thiazole rings is 1. The molecule has 0 saturated heterocycles. The number of rotatable bonds is 4. The Balaban J connectivity index is 1.97. The highest BCUT2D eigenvalue weighted by molar-refractivity contribution is 7.07. The number of aryl methyl sites for hydroxylation is 1. The molecule has 0 bridgehead atoms. The van der Waals surface area contributed by atoms with E-state index in [2.05, 4.69) is 10.1 Å². The Hall–Kier alpha value is -2.97. The van der Waals surface area contributed by atoms with Gasteiger partial charge >= 0.3 is 5.97 Å². The summed E-state index contributed by atoms with van der Waals surface area (Å²) in [5.74, 6) is -0.485. The van der Waals surface area contributed by atoms with Gasteiger partial charge in [-0.1, -0.05) is 35.1 Å². The van der Waals surface area contributed by atoms with Gasteiger partial charge in [0, 0.05) is 23.3 Å². The van der Waals surface area contributed by atoms with Crippen molar-refractivity contribution in [1.82, 2.24) is 14.3 Å². The zero-order valence-electron chi connectivity index (χ0n) is 17.5. The van der Waals surface area contributed by atoms with E-state index < -0.39 is 12.0 Å². The molecule has 9 heteroatoms. The van der Waals surface area contributed by atoms with Gasteiger partial charge in [-0.3, -0.25) is 14.0 Å². The van der Waals surface area contributed by atoms with Crippen molar-refractivity contribution >= 4 is 35.0 Å². The van der Waals surface area contributed by atoms with Gasteiger partial charge in [0.25, 0.3) is 5.56 Å². The van der Waals surface area contributed by atoms with Crippen LogP contribution >= 0.6 is 22.9 Å². The average molecular weight is 457 g/mol. The quantitative estimate of drug-likeness (QED) is 0.565. The fourth-order valence-electron chi connectivity index (χ4n) is 3.55. The second-order valence-electron chi connectivity index (χ2n) is 7.16. The Morgan fingerprint density at radius 1 is 1.29 bits per heavy atom. The van der Waals surface area contributed by atoms with Gasteiger partial charge in [0.15, 0.2) is 4.80 Å². The van der Waals surface area contributed by atoms with Crippen molar-refractivity contribution in [3.8, 4) is 0 Å². The molecule has 0 amide bonds. The normalized spacial score (nSPS) is 16.3. The zero-order chi connectivity index (χ0) is 22.3. The molecule has 1 aliphatic heterocycles. The van der Waals surface area contributed by atoms with E-state index in [9.17, 15) is 9.59 Å². The lowest BCUT2D eigenvalue weighted by atomic mass is 9.96. The molecule has 2 aromatic heterocycles. The molecule has 1 atom stereocenters. The van der Waals surface area contributed by atoms with Crippen LogP contribution < -0.4 is 14.9 Å². The van der Waals surface area contributed by atoms with Crippen LogP contribution in [0.5, 0.6) is 0 Å². The van der Waals surface area contributed by atoms with E-state index in [-0.39, 0.29) is 12.2 Å². The van der Waals surface area contributed by atoms with Gasteiger partial charge in [-0.15, -0.1) is 0 Å². The first kappa shape index (κ1) is 21.3. The van der Waals surface area contributed by atoms with Gasteiger partial charge in [-0.2, -0.15) is 5.10 Å². The molecule has 3 aromatic rings. The van der Waals surface area contributed by atoms with Crippen molar-refractivity contribution in [3.63, 3.8) is 0 Å². The molecule has 7 nitrogen and oxygen atoms in total. The van der Waals surface area contributed by atoms with Crippen molar-refractivity contribution in [2.45, 2.75) is 26.8 Å². The fourth-order valence-corrected chi connectivity index (χ4v) is 4.71. The lowest BCUT2D eigenvalue weighted by molar-refractivity contribution is -0.139. The van der Waals surface area contributed by atoms with Crippen molar-refractivity contribution in [3.05, 3.63) is 83.3 Å². The van der Waals surface area contributed by atoms with E-state index in [0.29, 0.717) is 25.6 Å². The lowest BCUT2D eigenvalue weighted by Crippen LogP contribution is -2.39. The minimum atomic E-state index is -0.648. The Kier molecular flexibility index (Phi) is 5.68. The van der Waals surface area contributed by atoms with E-state index >= 15 is 0 Å². The summed E-state index contributed by atoms with van der Waals surface area (Å²) in [4.78, 5) is 31.4. The van der Waals surface area contributed by atoms with Gasteiger partial charge in [0.1, 0.15) is 0 Å². The Labute approximate surface area is 187 Å². The third kappa shape index (κ3) is 3.77. The number of esters is 1. The summed E-state index contributed by atoms with van der Waals surface area (Å²) in [6, 6.07) is 6.46. The topological polar surface area (TPSA) is 78.5 Å². The van der Waals surface area contributed by atoms with Crippen molar-refractivity contribution in [2.24, 2.45) is 12.0 Å². The maximum absolute atomic E-state index is 13.5. The van der Waals surface area contributed by atoms with E-state index in [1.165, 1.54) is 11.3 Å². The number of carbonyl (C=O) groups excluding carboxylic acids is 1. The van der Waals surface area contributed by atoms with E-state index in [1.54, 1.807) is 41.4 Å². The molecule has 160 valence electrons. The molecule has 4 rings (SSSR count). The minimum absolute atomic E-state index is 0.221. The number of hydrogen-bond donors (Lipinski definition) is 0. The number of allylic oxidation sites excluding steroid dienone is 1. The lowest BCUT2D eigenvalue weighted by Gasteiger charge is -2.24. The van der Waals surface area contributed by atoms with E-state index in [0.717, 1.165) is 16.8 Å². The third-order valence-corrected chi connectivity index (χ3v) is 6.50. The molecule has 0 N–H and O–H groups in total. The minimum Gasteiger partial charge on any atom is -0.463 e. The monoisotopic (exact) mass is 456 g/mol.